The number of anilines is 1. The zero-order chi connectivity index (χ0) is 18.5. The predicted molar refractivity (Wildman–Crippen MR) is 111 cm³/mol. The van der Waals surface area contributed by atoms with Crippen molar-refractivity contribution in [3.63, 3.8) is 0 Å². The number of methoxy groups -OCH3 is 2. The van der Waals surface area contributed by atoms with Crippen molar-refractivity contribution in [2.45, 2.75) is 4.90 Å². The molecule has 0 radical (unpaired) electrons. The van der Waals surface area contributed by atoms with Gasteiger partial charge in [-0.2, -0.15) is 0 Å². The first-order valence-electron chi connectivity index (χ1n) is 7.94. The van der Waals surface area contributed by atoms with Gasteiger partial charge in [-0.05, 0) is 44.9 Å². The summed E-state index contributed by atoms with van der Waals surface area (Å²) >= 11 is 5.14. The lowest BCUT2D eigenvalue weighted by Gasteiger charge is -2.11. The maximum Gasteiger partial charge on any atom is 0.234 e. The molecule has 3 aromatic rings. The normalized spacial score (nSPS) is 10.6. The zero-order valence-corrected chi connectivity index (χ0v) is 16.8. The molecule has 0 heterocycles. The van der Waals surface area contributed by atoms with E-state index in [1.165, 1.54) is 17.1 Å². The molecule has 0 spiro atoms. The molecule has 0 unspecified atom stereocenters. The van der Waals surface area contributed by atoms with Crippen molar-refractivity contribution in [3.05, 3.63) is 59.1 Å². The van der Waals surface area contributed by atoms with E-state index in [1.54, 1.807) is 32.4 Å². The van der Waals surface area contributed by atoms with E-state index in [4.69, 9.17) is 9.47 Å². The van der Waals surface area contributed by atoms with Gasteiger partial charge in [0.15, 0.2) is 11.5 Å². The van der Waals surface area contributed by atoms with Crippen LogP contribution in [0.15, 0.2) is 64.0 Å². The Morgan fingerprint density at radius 1 is 1.04 bits per heavy atom. The minimum absolute atomic E-state index is 0.0812. The van der Waals surface area contributed by atoms with Gasteiger partial charge in [-0.25, -0.2) is 0 Å². The summed E-state index contributed by atoms with van der Waals surface area (Å²) in [5.74, 6) is 1.43. The highest BCUT2D eigenvalue weighted by atomic mass is 79.9. The molecule has 3 aromatic carbocycles. The van der Waals surface area contributed by atoms with Crippen molar-refractivity contribution in [3.8, 4) is 11.5 Å². The number of hydrogen-bond acceptors (Lipinski definition) is 4. The van der Waals surface area contributed by atoms with Crippen LogP contribution < -0.4 is 14.8 Å². The highest BCUT2D eigenvalue weighted by molar-refractivity contribution is 9.10. The second kappa shape index (κ2) is 8.47. The average Bonchev–Trinajstić information content (AvgIpc) is 2.67. The predicted octanol–water partition coefficient (Wildman–Crippen LogP) is 5.35. The first-order valence-corrected chi connectivity index (χ1v) is 9.72. The highest BCUT2D eigenvalue weighted by Gasteiger charge is 2.10. The van der Waals surface area contributed by atoms with Crippen molar-refractivity contribution in [1.82, 2.24) is 0 Å². The van der Waals surface area contributed by atoms with Gasteiger partial charge in [-0.3, -0.25) is 4.79 Å². The number of amides is 1. The minimum atomic E-state index is -0.0812. The van der Waals surface area contributed by atoms with Crippen LogP contribution in [0.5, 0.6) is 11.5 Å². The van der Waals surface area contributed by atoms with E-state index in [-0.39, 0.29) is 5.91 Å². The summed E-state index contributed by atoms with van der Waals surface area (Å²) in [6.07, 6.45) is 0. The Morgan fingerprint density at radius 3 is 2.58 bits per heavy atom. The average molecular weight is 432 g/mol. The lowest BCUT2D eigenvalue weighted by molar-refractivity contribution is -0.113. The molecule has 0 aliphatic heterocycles. The molecule has 0 aliphatic carbocycles. The van der Waals surface area contributed by atoms with Gasteiger partial charge < -0.3 is 14.8 Å². The number of halogens is 1. The van der Waals surface area contributed by atoms with Gasteiger partial charge in [0.2, 0.25) is 5.91 Å². The van der Waals surface area contributed by atoms with E-state index < -0.39 is 0 Å². The standard InChI is InChI=1S/C20H18BrNO3S/c1-24-16-9-8-14(11-17(16)25-2)22-19(23)12-26-18-10-7-13-5-3-4-6-15(13)20(18)21/h3-11H,12H2,1-2H3,(H,22,23). The molecule has 134 valence electrons. The van der Waals surface area contributed by atoms with Gasteiger partial charge in [0, 0.05) is 21.1 Å². The number of carbonyl (C=O) groups is 1. The lowest BCUT2D eigenvalue weighted by atomic mass is 10.1. The van der Waals surface area contributed by atoms with Crippen LogP contribution >= 0.6 is 27.7 Å². The molecule has 0 bridgehead atoms. The summed E-state index contributed by atoms with van der Waals surface area (Å²) in [5.41, 5.74) is 0.672. The molecule has 0 aliphatic rings. The largest absolute Gasteiger partial charge is 0.493 e. The topological polar surface area (TPSA) is 47.6 Å². The molecule has 0 fully saturated rings. The van der Waals surface area contributed by atoms with Gasteiger partial charge in [0.1, 0.15) is 0 Å². The summed E-state index contributed by atoms with van der Waals surface area (Å²) in [5, 5.41) is 5.19. The minimum Gasteiger partial charge on any atom is -0.493 e. The maximum atomic E-state index is 12.3. The number of benzene rings is 3. The fraction of sp³-hybridized carbons (Fsp3) is 0.150. The van der Waals surface area contributed by atoms with Gasteiger partial charge in [0.25, 0.3) is 0 Å². The van der Waals surface area contributed by atoms with Crippen LogP contribution in [0.3, 0.4) is 0 Å². The van der Waals surface area contributed by atoms with Gasteiger partial charge in [-0.1, -0.05) is 30.3 Å². The molecular formula is C20H18BrNO3S. The van der Waals surface area contributed by atoms with Crippen LogP contribution in [0.1, 0.15) is 0 Å². The molecule has 26 heavy (non-hydrogen) atoms. The lowest BCUT2D eigenvalue weighted by Crippen LogP contribution is -2.14. The molecule has 0 saturated carbocycles. The third kappa shape index (κ3) is 4.14. The van der Waals surface area contributed by atoms with Gasteiger partial charge in [0.05, 0.1) is 20.0 Å². The Kier molecular flexibility index (Phi) is 6.06. The first-order chi connectivity index (χ1) is 12.6. The highest BCUT2D eigenvalue weighted by Crippen LogP contribution is 2.34. The number of thioether (sulfide) groups is 1. The molecule has 1 N–H and O–H groups in total. The Labute approximate surface area is 165 Å². The molecule has 0 aromatic heterocycles. The quantitative estimate of drug-likeness (QED) is 0.534. The zero-order valence-electron chi connectivity index (χ0n) is 14.4. The number of ether oxygens (including phenoxy) is 2. The van der Waals surface area contributed by atoms with E-state index in [9.17, 15) is 4.79 Å². The van der Waals surface area contributed by atoms with Crippen LogP contribution in [0.2, 0.25) is 0 Å². The number of nitrogens with one attached hydrogen (secondary N) is 1. The van der Waals surface area contributed by atoms with Crippen molar-refractivity contribution < 1.29 is 14.3 Å². The SMILES string of the molecule is COc1ccc(NC(=O)CSc2ccc3ccccc3c2Br)cc1OC. The van der Waals surface area contributed by atoms with Crippen molar-refractivity contribution in [2.75, 3.05) is 25.3 Å². The summed E-state index contributed by atoms with van der Waals surface area (Å²) < 4.78 is 11.5. The monoisotopic (exact) mass is 431 g/mol. The van der Waals surface area contributed by atoms with Crippen LogP contribution in [0, 0.1) is 0 Å². The molecule has 0 saturated heterocycles. The molecule has 4 nitrogen and oxygen atoms in total. The molecule has 6 heteroatoms. The summed E-state index contributed by atoms with van der Waals surface area (Å²) in [4.78, 5) is 13.3. The summed E-state index contributed by atoms with van der Waals surface area (Å²) in [6.45, 7) is 0. The third-order valence-corrected chi connectivity index (χ3v) is 6.03. The first kappa shape index (κ1) is 18.6. The Bertz CT molecular complexity index is 945. The molecule has 1 amide bonds. The van der Waals surface area contributed by atoms with E-state index in [1.807, 2.05) is 18.2 Å². The van der Waals surface area contributed by atoms with Gasteiger partial charge in [-0.15, -0.1) is 11.8 Å². The summed E-state index contributed by atoms with van der Waals surface area (Å²) in [6, 6.07) is 17.5. The number of carbonyl (C=O) groups excluding carboxylic acids is 1. The van der Waals surface area contributed by atoms with E-state index in [0.29, 0.717) is 22.9 Å². The third-order valence-electron chi connectivity index (χ3n) is 3.85. The Balaban J connectivity index is 1.67. The van der Waals surface area contributed by atoms with Crippen molar-refractivity contribution in [1.29, 1.82) is 0 Å². The van der Waals surface area contributed by atoms with Crippen molar-refractivity contribution >= 4 is 50.1 Å². The molecule has 3 rings (SSSR count). The van der Waals surface area contributed by atoms with Crippen LogP contribution in [-0.2, 0) is 4.79 Å². The smallest absolute Gasteiger partial charge is 0.234 e. The van der Waals surface area contributed by atoms with Crippen molar-refractivity contribution in [2.24, 2.45) is 0 Å². The number of hydrogen-bond donors (Lipinski definition) is 1. The second-order valence-corrected chi connectivity index (χ2v) is 7.32. The maximum absolute atomic E-state index is 12.3. The van der Waals surface area contributed by atoms with Crippen LogP contribution in [0.25, 0.3) is 10.8 Å². The Hall–Kier alpha value is -2.18. The fourth-order valence-electron chi connectivity index (χ4n) is 2.58. The number of fused-ring (bicyclic) bond motifs is 1. The van der Waals surface area contributed by atoms with Gasteiger partial charge >= 0.3 is 0 Å². The van der Waals surface area contributed by atoms with Crippen LogP contribution in [0.4, 0.5) is 5.69 Å². The van der Waals surface area contributed by atoms with Crippen LogP contribution in [-0.4, -0.2) is 25.9 Å². The van der Waals surface area contributed by atoms with E-state index >= 15 is 0 Å². The fourth-order valence-corrected chi connectivity index (χ4v) is 4.18. The molecular weight excluding hydrogens is 414 g/mol. The Morgan fingerprint density at radius 2 is 1.81 bits per heavy atom. The molecule has 0 atom stereocenters. The number of rotatable bonds is 6. The summed E-state index contributed by atoms with van der Waals surface area (Å²) in [7, 11) is 3.14. The van der Waals surface area contributed by atoms with E-state index in [0.717, 1.165) is 14.8 Å². The van der Waals surface area contributed by atoms with E-state index in [2.05, 4.69) is 39.4 Å². The second-order valence-electron chi connectivity index (χ2n) is 5.51.